The van der Waals surface area contributed by atoms with E-state index in [4.69, 9.17) is 0 Å². The van der Waals surface area contributed by atoms with Crippen LogP contribution in [0.1, 0.15) is 40.5 Å². The molecule has 0 fully saturated rings. The van der Waals surface area contributed by atoms with Crippen LogP contribution in [-0.2, 0) is 17.4 Å². The Morgan fingerprint density at radius 2 is 1.24 bits per heavy atom. The Labute approximate surface area is 113 Å². The van der Waals surface area contributed by atoms with Gasteiger partial charge < -0.3 is 0 Å². The summed E-state index contributed by atoms with van der Waals surface area (Å²) < 4.78 is 3.58. The molecule has 0 amide bonds. The third-order valence-electron chi connectivity index (χ3n) is 3.25. The van der Waals surface area contributed by atoms with E-state index in [9.17, 15) is 0 Å². The molecule has 0 nitrogen and oxygen atoms in total. The summed E-state index contributed by atoms with van der Waals surface area (Å²) in [4.78, 5) is 0. The van der Waals surface area contributed by atoms with Gasteiger partial charge in [0.05, 0.1) is 0 Å². The van der Waals surface area contributed by atoms with Crippen LogP contribution in [0.15, 0.2) is 43.7 Å². The van der Waals surface area contributed by atoms with E-state index in [1.54, 1.807) is 19.4 Å². The molecule has 0 unspecified atom stereocenters. The average Bonchev–Trinajstić information content (AvgIpc) is 2.86. The van der Waals surface area contributed by atoms with Gasteiger partial charge in [-0.3, -0.25) is 0 Å². The Kier molecular flexibility index (Phi) is 4.21. The summed E-state index contributed by atoms with van der Waals surface area (Å²) >= 11 is -0.182. The molecule has 0 aromatic rings. The Balaban J connectivity index is 2.18. The van der Waals surface area contributed by atoms with Crippen LogP contribution in [-0.4, -0.2) is 0 Å². The van der Waals surface area contributed by atoms with Crippen LogP contribution in [0, 0.1) is 11.8 Å². The first-order chi connectivity index (χ1) is 8.09. The van der Waals surface area contributed by atoms with Crippen LogP contribution < -0.4 is 0 Å². The van der Waals surface area contributed by atoms with E-state index in [1.165, 1.54) is 12.8 Å². The number of hydrogen-bond acceptors (Lipinski definition) is 0. The van der Waals surface area contributed by atoms with Crippen molar-refractivity contribution in [1.29, 1.82) is 0 Å². The van der Waals surface area contributed by atoms with E-state index in [-0.39, 0.29) is 17.4 Å². The minimum absolute atomic E-state index is 0.182. The van der Waals surface area contributed by atoms with Crippen molar-refractivity contribution in [2.24, 2.45) is 11.8 Å². The van der Waals surface area contributed by atoms with E-state index in [1.807, 2.05) is 0 Å². The van der Waals surface area contributed by atoms with E-state index in [0.29, 0.717) is 11.8 Å². The van der Waals surface area contributed by atoms with Gasteiger partial charge in [0.1, 0.15) is 0 Å². The van der Waals surface area contributed by atoms with Gasteiger partial charge in [0.15, 0.2) is 0 Å². The SMILES string of the molecule is CC(C)C1=[C]([Os][C]2=C(C(C)C)C=CC2)CC=C1. The van der Waals surface area contributed by atoms with Crippen LogP contribution in [0.3, 0.4) is 0 Å². The van der Waals surface area contributed by atoms with Crippen molar-refractivity contribution in [2.45, 2.75) is 40.5 Å². The van der Waals surface area contributed by atoms with Crippen molar-refractivity contribution in [2.75, 3.05) is 0 Å². The second kappa shape index (κ2) is 5.49. The number of rotatable bonds is 4. The molecule has 0 radical (unpaired) electrons. The zero-order chi connectivity index (χ0) is 12.4. The molecular weight excluding hydrogens is 382 g/mol. The van der Waals surface area contributed by atoms with Gasteiger partial charge in [-0.15, -0.1) is 0 Å². The maximum absolute atomic E-state index is 2.37. The molecule has 0 saturated heterocycles. The summed E-state index contributed by atoms with van der Waals surface area (Å²) in [6, 6.07) is 0. The normalized spacial score (nSPS) is 19.9. The predicted molar refractivity (Wildman–Crippen MR) is 71.2 cm³/mol. The first-order valence-corrected chi connectivity index (χ1v) is 9.05. The molecular formula is C16H22Os. The molecule has 0 N–H and O–H groups in total. The fourth-order valence-electron chi connectivity index (χ4n) is 2.29. The summed E-state index contributed by atoms with van der Waals surface area (Å²) in [6.45, 7) is 9.29. The fourth-order valence-corrected chi connectivity index (χ4v) is 6.95. The molecule has 0 bridgehead atoms. The number of hydrogen-bond donors (Lipinski definition) is 0. The third kappa shape index (κ3) is 2.89. The topological polar surface area (TPSA) is 0 Å². The molecule has 94 valence electrons. The molecule has 17 heavy (non-hydrogen) atoms. The zero-order valence-electron chi connectivity index (χ0n) is 11.2. The van der Waals surface area contributed by atoms with Crippen LogP contribution in [0.25, 0.3) is 0 Å². The molecule has 0 atom stereocenters. The molecule has 0 aliphatic heterocycles. The predicted octanol–water partition coefficient (Wildman–Crippen LogP) is 4.81. The minimum atomic E-state index is -0.182. The van der Waals surface area contributed by atoms with Crippen LogP contribution >= 0.6 is 0 Å². The van der Waals surface area contributed by atoms with Gasteiger partial charge in [0, 0.05) is 0 Å². The van der Waals surface area contributed by atoms with Crippen molar-refractivity contribution in [1.82, 2.24) is 0 Å². The van der Waals surface area contributed by atoms with Gasteiger partial charge in [-0.2, -0.15) is 0 Å². The second-order valence-electron chi connectivity index (χ2n) is 5.30. The Hall–Kier alpha value is -0.404. The summed E-state index contributed by atoms with van der Waals surface area (Å²) in [6.07, 6.45) is 11.9. The van der Waals surface area contributed by atoms with Crippen molar-refractivity contribution in [3.05, 3.63) is 43.7 Å². The Morgan fingerprint density at radius 3 is 1.59 bits per heavy atom. The van der Waals surface area contributed by atoms with Crippen molar-refractivity contribution >= 4 is 0 Å². The monoisotopic (exact) mass is 406 g/mol. The van der Waals surface area contributed by atoms with Crippen molar-refractivity contribution < 1.29 is 17.4 Å². The Bertz CT molecular complexity index is 377. The van der Waals surface area contributed by atoms with Crippen molar-refractivity contribution in [3.8, 4) is 0 Å². The first kappa shape index (κ1) is 13.0. The quantitative estimate of drug-likeness (QED) is 0.631. The molecule has 0 aromatic heterocycles. The second-order valence-corrected chi connectivity index (χ2v) is 9.00. The number of allylic oxidation sites excluding steroid dienone is 8. The van der Waals surface area contributed by atoms with E-state index >= 15 is 0 Å². The van der Waals surface area contributed by atoms with Crippen LogP contribution in [0.2, 0.25) is 0 Å². The van der Waals surface area contributed by atoms with Gasteiger partial charge >= 0.3 is 113 Å². The van der Waals surface area contributed by atoms with Crippen LogP contribution in [0.4, 0.5) is 0 Å². The molecule has 0 aromatic carbocycles. The Morgan fingerprint density at radius 1 is 0.824 bits per heavy atom. The fraction of sp³-hybridized carbons (Fsp3) is 0.500. The molecule has 0 saturated carbocycles. The summed E-state index contributed by atoms with van der Waals surface area (Å²) in [5.41, 5.74) is 3.28. The molecule has 2 aliphatic rings. The van der Waals surface area contributed by atoms with Gasteiger partial charge in [-0.05, 0) is 0 Å². The van der Waals surface area contributed by atoms with E-state index < -0.39 is 0 Å². The summed E-state index contributed by atoms with van der Waals surface area (Å²) in [5.74, 6) is 1.41. The molecule has 1 heteroatoms. The van der Waals surface area contributed by atoms with Crippen LogP contribution in [0.5, 0.6) is 0 Å². The third-order valence-corrected chi connectivity index (χ3v) is 7.29. The average molecular weight is 405 g/mol. The maximum atomic E-state index is 2.37. The molecule has 0 heterocycles. The molecule has 2 aliphatic carbocycles. The van der Waals surface area contributed by atoms with E-state index in [0.717, 1.165) is 0 Å². The first-order valence-electron chi connectivity index (χ1n) is 6.51. The van der Waals surface area contributed by atoms with Gasteiger partial charge in [0.25, 0.3) is 0 Å². The molecule has 2 rings (SSSR count). The molecule has 0 spiro atoms. The summed E-state index contributed by atoms with van der Waals surface area (Å²) in [7, 11) is 0. The van der Waals surface area contributed by atoms with Gasteiger partial charge in [0.2, 0.25) is 0 Å². The van der Waals surface area contributed by atoms with Gasteiger partial charge in [-0.1, -0.05) is 0 Å². The van der Waals surface area contributed by atoms with Crippen molar-refractivity contribution in [3.63, 3.8) is 0 Å². The summed E-state index contributed by atoms with van der Waals surface area (Å²) in [5, 5.41) is 0. The zero-order valence-corrected chi connectivity index (χ0v) is 13.8. The standard InChI is InChI=1S/2C8H11.Os/c2*1-7(2)8-5-3-4-6-8;/h2*3,5,7H,4H2,1-2H3;. The van der Waals surface area contributed by atoms with E-state index in [2.05, 4.69) is 52.0 Å². The van der Waals surface area contributed by atoms with Gasteiger partial charge in [-0.25, -0.2) is 0 Å².